The number of hydrogen-bond donors (Lipinski definition) is 2. The first-order chi connectivity index (χ1) is 17.9. The van der Waals surface area contributed by atoms with E-state index < -0.39 is 11.6 Å². The average molecular weight is 504 g/mol. The van der Waals surface area contributed by atoms with Crippen molar-refractivity contribution >= 4 is 22.9 Å². The van der Waals surface area contributed by atoms with E-state index in [-0.39, 0.29) is 18.4 Å². The van der Waals surface area contributed by atoms with Gasteiger partial charge in [0.2, 0.25) is 0 Å². The van der Waals surface area contributed by atoms with Gasteiger partial charge in [0.15, 0.2) is 17.3 Å². The maximum atomic E-state index is 13.7. The Morgan fingerprint density at radius 2 is 1.81 bits per heavy atom. The Kier molecular flexibility index (Phi) is 7.17. The maximum Gasteiger partial charge on any atom is 0.255 e. The minimum atomic E-state index is -0.942. The van der Waals surface area contributed by atoms with Crippen LogP contribution < -0.4 is 10.6 Å². The normalized spacial score (nSPS) is 14.0. The molecule has 2 aromatic heterocycles. The summed E-state index contributed by atoms with van der Waals surface area (Å²) in [6.07, 6.45) is 6.33. The zero-order chi connectivity index (χ0) is 25.9. The van der Waals surface area contributed by atoms with Crippen molar-refractivity contribution in [2.75, 3.05) is 5.32 Å². The fourth-order valence-electron chi connectivity index (χ4n) is 5.13. The van der Waals surface area contributed by atoms with Crippen LogP contribution in [0.25, 0.3) is 11.2 Å². The summed E-state index contributed by atoms with van der Waals surface area (Å²) < 4.78 is 29.1. The van der Waals surface area contributed by atoms with Crippen molar-refractivity contribution in [2.24, 2.45) is 0 Å². The van der Waals surface area contributed by atoms with Crippen LogP contribution >= 0.6 is 0 Å². The fourth-order valence-corrected chi connectivity index (χ4v) is 5.13. The summed E-state index contributed by atoms with van der Waals surface area (Å²) in [6, 6.07) is 14.1. The molecule has 1 amide bonds. The third-order valence-corrected chi connectivity index (χ3v) is 6.90. The summed E-state index contributed by atoms with van der Waals surface area (Å²) in [7, 11) is 0. The lowest BCUT2D eigenvalue weighted by Crippen LogP contribution is -2.24. The number of amides is 1. The van der Waals surface area contributed by atoms with E-state index in [1.807, 2.05) is 44.2 Å². The van der Waals surface area contributed by atoms with Gasteiger partial charge >= 0.3 is 0 Å². The maximum absolute atomic E-state index is 13.7. The van der Waals surface area contributed by atoms with E-state index in [0.717, 1.165) is 36.2 Å². The monoisotopic (exact) mass is 503 g/mol. The Morgan fingerprint density at radius 3 is 2.51 bits per heavy atom. The second kappa shape index (κ2) is 10.7. The summed E-state index contributed by atoms with van der Waals surface area (Å²) in [5, 5.41) is 6.39. The van der Waals surface area contributed by atoms with Crippen molar-refractivity contribution in [1.82, 2.24) is 19.9 Å². The van der Waals surface area contributed by atoms with Gasteiger partial charge in [-0.05, 0) is 42.0 Å². The quantitative estimate of drug-likeness (QED) is 0.302. The minimum Gasteiger partial charge on any atom is -0.366 e. The summed E-state index contributed by atoms with van der Waals surface area (Å²) in [5.41, 5.74) is 4.03. The van der Waals surface area contributed by atoms with E-state index in [2.05, 4.69) is 15.2 Å². The standard InChI is InChI=1S/C29H31F2N5O/c1-18(2)27-25(29(37)33-15-20-12-13-22(30)23(31)14-20)26-28(36(27)17-19-8-4-3-5-9-19)35-24(16-32-26)34-21-10-6-7-11-21/h3-5,8-9,12-14,16,18,21H,6-7,10-11,15,17H2,1-2H3,(H,33,37)(H,34,35). The van der Waals surface area contributed by atoms with Gasteiger partial charge in [0.25, 0.3) is 5.91 Å². The number of hydrogen-bond acceptors (Lipinski definition) is 4. The summed E-state index contributed by atoms with van der Waals surface area (Å²) in [5.74, 6) is -1.47. The Bertz CT molecular complexity index is 1410. The van der Waals surface area contributed by atoms with Gasteiger partial charge in [-0.25, -0.2) is 18.7 Å². The van der Waals surface area contributed by atoms with E-state index in [0.29, 0.717) is 40.7 Å². The van der Waals surface area contributed by atoms with E-state index in [9.17, 15) is 13.6 Å². The van der Waals surface area contributed by atoms with Crippen LogP contribution in [-0.2, 0) is 13.1 Å². The molecule has 0 radical (unpaired) electrons. The predicted molar refractivity (Wildman–Crippen MR) is 141 cm³/mol. The molecule has 1 fully saturated rings. The highest BCUT2D eigenvalue weighted by atomic mass is 19.2. The molecule has 192 valence electrons. The number of halogens is 2. The first-order valence-electron chi connectivity index (χ1n) is 12.8. The van der Waals surface area contributed by atoms with Crippen LogP contribution in [0, 0.1) is 11.6 Å². The molecule has 0 unspecified atom stereocenters. The highest BCUT2D eigenvalue weighted by molar-refractivity contribution is 6.06. The van der Waals surface area contributed by atoms with Gasteiger partial charge in [0.1, 0.15) is 11.3 Å². The fraction of sp³-hybridized carbons (Fsp3) is 0.345. The van der Waals surface area contributed by atoms with Crippen LogP contribution in [0.2, 0.25) is 0 Å². The predicted octanol–water partition coefficient (Wildman–Crippen LogP) is 6.17. The third-order valence-electron chi connectivity index (χ3n) is 6.90. The molecule has 1 saturated carbocycles. The summed E-state index contributed by atoms with van der Waals surface area (Å²) >= 11 is 0. The topological polar surface area (TPSA) is 71.8 Å². The molecule has 5 rings (SSSR count). The highest BCUT2D eigenvalue weighted by Gasteiger charge is 2.27. The van der Waals surface area contributed by atoms with Crippen LogP contribution in [-0.4, -0.2) is 26.5 Å². The molecule has 2 aromatic carbocycles. The van der Waals surface area contributed by atoms with Crippen LogP contribution in [0.1, 0.15) is 72.6 Å². The number of nitrogens with zero attached hydrogens (tertiary/aromatic N) is 3. The van der Waals surface area contributed by atoms with Crippen molar-refractivity contribution in [3.8, 4) is 0 Å². The molecule has 2 heterocycles. The molecular weight excluding hydrogens is 472 g/mol. The number of carbonyl (C=O) groups excluding carboxylic acids is 1. The molecule has 1 aliphatic carbocycles. The number of rotatable bonds is 8. The molecule has 0 aliphatic heterocycles. The van der Waals surface area contributed by atoms with Crippen molar-refractivity contribution in [2.45, 2.75) is 64.6 Å². The number of fused-ring (bicyclic) bond motifs is 1. The molecule has 6 nitrogen and oxygen atoms in total. The van der Waals surface area contributed by atoms with E-state index in [1.165, 1.54) is 18.9 Å². The molecule has 0 atom stereocenters. The van der Waals surface area contributed by atoms with Gasteiger partial charge in [-0.1, -0.05) is 63.1 Å². The third kappa shape index (κ3) is 5.33. The van der Waals surface area contributed by atoms with Gasteiger partial charge in [-0.15, -0.1) is 0 Å². The molecule has 0 bridgehead atoms. The smallest absolute Gasteiger partial charge is 0.255 e. The first-order valence-corrected chi connectivity index (χ1v) is 12.8. The van der Waals surface area contributed by atoms with Crippen molar-refractivity contribution < 1.29 is 13.6 Å². The number of aromatic nitrogens is 3. The zero-order valence-corrected chi connectivity index (χ0v) is 21.1. The Morgan fingerprint density at radius 1 is 1.05 bits per heavy atom. The number of benzene rings is 2. The van der Waals surface area contributed by atoms with Gasteiger partial charge in [0.05, 0.1) is 11.8 Å². The van der Waals surface area contributed by atoms with Crippen LogP contribution in [0.5, 0.6) is 0 Å². The number of nitrogens with one attached hydrogen (secondary N) is 2. The van der Waals surface area contributed by atoms with Crippen molar-refractivity contribution in [1.29, 1.82) is 0 Å². The van der Waals surface area contributed by atoms with E-state index in [4.69, 9.17) is 9.97 Å². The SMILES string of the molecule is CC(C)c1c(C(=O)NCc2ccc(F)c(F)c2)c2ncc(NC3CCCC3)nc2n1Cc1ccccc1. The van der Waals surface area contributed by atoms with Gasteiger partial charge in [-0.2, -0.15) is 0 Å². The molecule has 0 spiro atoms. The Hall–Kier alpha value is -3.81. The molecular formula is C29H31F2N5O. The van der Waals surface area contributed by atoms with Gasteiger partial charge in [0, 0.05) is 24.8 Å². The molecule has 8 heteroatoms. The van der Waals surface area contributed by atoms with Gasteiger partial charge in [-0.3, -0.25) is 4.79 Å². The highest BCUT2D eigenvalue weighted by Crippen LogP contribution is 2.31. The van der Waals surface area contributed by atoms with Crippen LogP contribution in [0.3, 0.4) is 0 Å². The lowest BCUT2D eigenvalue weighted by Gasteiger charge is -2.15. The average Bonchev–Trinajstić information content (AvgIpc) is 3.51. The van der Waals surface area contributed by atoms with Crippen LogP contribution in [0.15, 0.2) is 54.7 Å². The Labute approximate surface area is 215 Å². The lowest BCUT2D eigenvalue weighted by molar-refractivity contribution is 0.0950. The largest absolute Gasteiger partial charge is 0.366 e. The molecule has 4 aromatic rings. The second-order valence-corrected chi connectivity index (χ2v) is 9.97. The molecule has 0 saturated heterocycles. The van der Waals surface area contributed by atoms with E-state index >= 15 is 0 Å². The Balaban J connectivity index is 1.55. The minimum absolute atomic E-state index is 0.00923. The van der Waals surface area contributed by atoms with Crippen molar-refractivity contribution in [3.05, 3.63) is 88.7 Å². The molecule has 37 heavy (non-hydrogen) atoms. The van der Waals surface area contributed by atoms with Crippen LogP contribution in [0.4, 0.5) is 14.6 Å². The first kappa shape index (κ1) is 24.9. The zero-order valence-electron chi connectivity index (χ0n) is 21.1. The lowest BCUT2D eigenvalue weighted by atomic mass is 10.0. The van der Waals surface area contributed by atoms with Gasteiger partial charge < -0.3 is 15.2 Å². The molecule has 1 aliphatic rings. The van der Waals surface area contributed by atoms with Crippen molar-refractivity contribution in [3.63, 3.8) is 0 Å². The summed E-state index contributed by atoms with van der Waals surface area (Å²) in [6.45, 7) is 4.69. The summed E-state index contributed by atoms with van der Waals surface area (Å²) in [4.78, 5) is 23.2. The van der Waals surface area contributed by atoms with E-state index in [1.54, 1.807) is 6.20 Å². The number of carbonyl (C=O) groups is 1. The molecule has 2 N–H and O–H groups in total. The second-order valence-electron chi connectivity index (χ2n) is 9.97. The number of anilines is 1.